The van der Waals surface area contributed by atoms with E-state index in [1.165, 1.54) is 16.8 Å². The topological polar surface area (TPSA) is 81.5 Å². The van der Waals surface area contributed by atoms with Crippen LogP contribution in [0.5, 0.6) is 5.75 Å². The Labute approximate surface area is 195 Å². The van der Waals surface area contributed by atoms with E-state index in [0.717, 1.165) is 29.4 Å². The smallest absolute Gasteiger partial charge is 0.250 e. The zero-order valence-corrected chi connectivity index (χ0v) is 19.2. The number of aromatic nitrogens is 3. The van der Waals surface area contributed by atoms with Gasteiger partial charge in [-0.1, -0.05) is 11.8 Å². The Hall–Kier alpha value is -2.53. The molecule has 2 aliphatic heterocycles. The minimum Gasteiger partial charge on any atom is -0.480 e. The van der Waals surface area contributed by atoms with Crippen molar-refractivity contribution in [2.75, 3.05) is 38.7 Å². The van der Waals surface area contributed by atoms with Crippen molar-refractivity contribution in [1.82, 2.24) is 24.8 Å². The second kappa shape index (κ2) is 9.76. The summed E-state index contributed by atoms with van der Waals surface area (Å²) in [5.41, 5.74) is 2.54. The van der Waals surface area contributed by atoms with Gasteiger partial charge in [0.15, 0.2) is 5.75 Å². The first-order valence-electron chi connectivity index (χ1n) is 11.0. The molecule has 1 N–H and O–H groups in total. The predicted octanol–water partition coefficient (Wildman–Crippen LogP) is 1.94. The van der Waals surface area contributed by atoms with Crippen molar-refractivity contribution in [2.45, 2.75) is 24.0 Å². The highest BCUT2D eigenvalue weighted by Gasteiger charge is 2.22. The van der Waals surface area contributed by atoms with Crippen LogP contribution in [0.1, 0.15) is 11.3 Å². The first kappa shape index (κ1) is 22.3. The first-order chi connectivity index (χ1) is 16.1. The average molecular weight is 472 g/mol. The van der Waals surface area contributed by atoms with Gasteiger partial charge >= 0.3 is 0 Å². The standard InChI is InChI=1S/C23H26FN5O3S/c1-28-22(30)3-2-19-23(28)17(18(24)11-27-19)4-5-29-6-7-31-16(13-29)10-25-9-15-8-21-20(12-26-15)32-14-33-21/h2-3,8,11-12,16,25H,4-7,9-10,13-14H2,1H3/t16-/m0/s1. The quantitative estimate of drug-likeness (QED) is 0.560. The molecule has 0 unspecified atom stereocenters. The van der Waals surface area contributed by atoms with Gasteiger partial charge in [0, 0.05) is 51.4 Å². The van der Waals surface area contributed by atoms with Crippen LogP contribution in [-0.4, -0.2) is 64.3 Å². The van der Waals surface area contributed by atoms with Gasteiger partial charge in [0.1, 0.15) is 11.8 Å². The molecule has 8 nitrogen and oxygen atoms in total. The van der Waals surface area contributed by atoms with Crippen molar-refractivity contribution < 1.29 is 13.9 Å². The number of aryl methyl sites for hydroxylation is 1. The van der Waals surface area contributed by atoms with Crippen LogP contribution in [0.25, 0.3) is 11.0 Å². The summed E-state index contributed by atoms with van der Waals surface area (Å²) in [6.07, 6.45) is 3.57. The molecule has 174 valence electrons. The van der Waals surface area contributed by atoms with Crippen molar-refractivity contribution >= 4 is 22.8 Å². The molecule has 0 aromatic carbocycles. The number of hydrogen-bond donors (Lipinski definition) is 1. The Bertz CT molecular complexity index is 1220. The molecule has 1 fully saturated rings. The molecule has 3 aromatic heterocycles. The highest BCUT2D eigenvalue weighted by atomic mass is 32.2. The van der Waals surface area contributed by atoms with E-state index < -0.39 is 0 Å². The summed E-state index contributed by atoms with van der Waals surface area (Å²) >= 11 is 1.68. The zero-order valence-electron chi connectivity index (χ0n) is 18.4. The van der Waals surface area contributed by atoms with E-state index in [1.54, 1.807) is 31.1 Å². The second-order valence-corrected chi connectivity index (χ2v) is 9.22. The normalized spacial score (nSPS) is 18.4. The van der Waals surface area contributed by atoms with Gasteiger partial charge < -0.3 is 19.4 Å². The van der Waals surface area contributed by atoms with E-state index in [4.69, 9.17) is 9.47 Å². The van der Waals surface area contributed by atoms with Gasteiger partial charge in [-0.05, 0) is 18.6 Å². The monoisotopic (exact) mass is 471 g/mol. The lowest BCUT2D eigenvalue weighted by molar-refractivity contribution is -0.0268. The van der Waals surface area contributed by atoms with Crippen LogP contribution in [0.3, 0.4) is 0 Å². The van der Waals surface area contributed by atoms with Gasteiger partial charge in [-0.2, -0.15) is 0 Å². The van der Waals surface area contributed by atoms with Crippen LogP contribution < -0.4 is 15.6 Å². The molecule has 0 spiro atoms. The van der Waals surface area contributed by atoms with E-state index >= 15 is 0 Å². The lowest BCUT2D eigenvalue weighted by Crippen LogP contribution is -2.47. The number of thioether (sulfide) groups is 1. The maximum Gasteiger partial charge on any atom is 0.250 e. The largest absolute Gasteiger partial charge is 0.480 e. The number of rotatable bonds is 7. The van der Waals surface area contributed by atoms with Crippen LogP contribution in [0.15, 0.2) is 40.3 Å². The summed E-state index contributed by atoms with van der Waals surface area (Å²) in [7, 11) is 1.66. The van der Waals surface area contributed by atoms with Crippen LogP contribution in [0, 0.1) is 5.82 Å². The summed E-state index contributed by atoms with van der Waals surface area (Å²) in [5, 5.41) is 3.43. The molecular weight excluding hydrogens is 445 g/mol. The summed E-state index contributed by atoms with van der Waals surface area (Å²) in [6, 6.07) is 5.18. The van der Waals surface area contributed by atoms with Gasteiger partial charge in [-0.25, -0.2) is 4.39 Å². The summed E-state index contributed by atoms with van der Waals surface area (Å²) in [5.74, 6) is 1.13. The molecule has 10 heteroatoms. The van der Waals surface area contributed by atoms with Crippen molar-refractivity contribution in [3.8, 4) is 5.75 Å². The number of halogens is 1. The number of fused-ring (bicyclic) bond motifs is 2. The Kier molecular flexibility index (Phi) is 6.59. The van der Waals surface area contributed by atoms with Crippen LogP contribution in [0.4, 0.5) is 4.39 Å². The number of nitrogens with one attached hydrogen (secondary N) is 1. The minimum absolute atomic E-state index is 0.0503. The Morgan fingerprint density at radius 3 is 3.12 bits per heavy atom. The Morgan fingerprint density at radius 1 is 1.30 bits per heavy atom. The summed E-state index contributed by atoms with van der Waals surface area (Å²) in [4.78, 5) is 24.1. The van der Waals surface area contributed by atoms with E-state index in [2.05, 4.69) is 26.3 Å². The molecule has 0 saturated carbocycles. The number of pyridine rings is 3. The molecule has 0 amide bonds. The third-order valence-electron chi connectivity index (χ3n) is 6.08. The second-order valence-electron chi connectivity index (χ2n) is 8.25. The molecule has 2 aliphatic rings. The molecule has 3 aromatic rings. The molecule has 5 heterocycles. The fourth-order valence-electron chi connectivity index (χ4n) is 4.32. The lowest BCUT2D eigenvalue weighted by atomic mass is 10.1. The SMILES string of the molecule is Cn1c(=O)ccc2ncc(F)c(CCN3CCO[C@@H](CNCc4cc5c(cn4)OCS5)C3)c21. The average Bonchev–Trinajstić information content (AvgIpc) is 3.29. The van der Waals surface area contributed by atoms with Crippen LogP contribution >= 0.6 is 11.8 Å². The van der Waals surface area contributed by atoms with Gasteiger partial charge in [0.05, 0.1) is 46.7 Å². The Balaban J connectivity index is 1.17. The predicted molar refractivity (Wildman–Crippen MR) is 124 cm³/mol. The molecule has 0 radical (unpaired) electrons. The maximum absolute atomic E-state index is 14.6. The van der Waals surface area contributed by atoms with Crippen molar-refractivity contribution in [2.24, 2.45) is 7.05 Å². The molecule has 0 bridgehead atoms. The molecule has 1 atom stereocenters. The molecule has 33 heavy (non-hydrogen) atoms. The molecule has 5 rings (SSSR count). The highest BCUT2D eigenvalue weighted by Crippen LogP contribution is 2.35. The number of morpholine rings is 1. The van der Waals surface area contributed by atoms with Crippen molar-refractivity contribution in [3.63, 3.8) is 0 Å². The van der Waals surface area contributed by atoms with E-state index in [1.807, 2.05) is 0 Å². The minimum atomic E-state index is -0.374. The highest BCUT2D eigenvalue weighted by molar-refractivity contribution is 7.99. The van der Waals surface area contributed by atoms with Gasteiger partial charge in [-0.3, -0.25) is 19.7 Å². The summed E-state index contributed by atoms with van der Waals surface area (Å²) in [6.45, 7) is 4.25. The molecule has 0 aliphatic carbocycles. The van der Waals surface area contributed by atoms with E-state index in [0.29, 0.717) is 55.2 Å². The molecular formula is C23H26FN5O3S. The van der Waals surface area contributed by atoms with Crippen LogP contribution in [0.2, 0.25) is 0 Å². The van der Waals surface area contributed by atoms with E-state index in [9.17, 15) is 9.18 Å². The third-order valence-corrected chi connectivity index (χ3v) is 6.95. The van der Waals surface area contributed by atoms with Crippen molar-refractivity contribution in [3.05, 3.63) is 58.0 Å². The number of ether oxygens (including phenoxy) is 2. The van der Waals surface area contributed by atoms with Crippen LogP contribution in [-0.2, 0) is 24.8 Å². The fourth-order valence-corrected chi connectivity index (χ4v) is 5.10. The maximum atomic E-state index is 14.6. The fraction of sp³-hybridized carbons (Fsp3) is 0.435. The van der Waals surface area contributed by atoms with E-state index in [-0.39, 0.29) is 17.5 Å². The number of hydrogen-bond acceptors (Lipinski definition) is 8. The summed E-state index contributed by atoms with van der Waals surface area (Å²) < 4.78 is 27.5. The van der Waals surface area contributed by atoms with Gasteiger partial charge in [0.25, 0.3) is 5.56 Å². The van der Waals surface area contributed by atoms with Gasteiger partial charge in [-0.15, -0.1) is 0 Å². The zero-order chi connectivity index (χ0) is 22.8. The first-order valence-corrected chi connectivity index (χ1v) is 12.0. The van der Waals surface area contributed by atoms with Gasteiger partial charge in [0.2, 0.25) is 0 Å². The third kappa shape index (κ3) is 4.89. The molecule has 1 saturated heterocycles. The number of nitrogens with zero attached hydrogens (tertiary/aromatic N) is 4. The van der Waals surface area contributed by atoms with Crippen molar-refractivity contribution in [1.29, 1.82) is 0 Å². The Morgan fingerprint density at radius 2 is 2.21 bits per heavy atom. The lowest BCUT2D eigenvalue weighted by Gasteiger charge is -2.33.